The first-order valence-electron chi connectivity index (χ1n) is 5.72. The number of nitrogens with zero attached hydrogens (tertiary/aromatic N) is 1. The molecule has 0 saturated carbocycles. The van der Waals surface area contributed by atoms with Crippen molar-refractivity contribution in [3.8, 4) is 11.6 Å². The normalized spacial score (nSPS) is 11.7. The van der Waals surface area contributed by atoms with Crippen LogP contribution >= 0.6 is 0 Å². The molecule has 0 unspecified atom stereocenters. The molecule has 0 aliphatic heterocycles. The van der Waals surface area contributed by atoms with Gasteiger partial charge in [0.1, 0.15) is 6.61 Å². The summed E-state index contributed by atoms with van der Waals surface area (Å²) < 4.78 is 49.0. The van der Waals surface area contributed by atoms with Crippen LogP contribution in [0.25, 0.3) is 0 Å². The van der Waals surface area contributed by atoms with Crippen molar-refractivity contribution in [3.63, 3.8) is 0 Å². The standard InChI is InChI=1S/C12H16F3NO3/c1-8(2)9-4-5-10(11(16-9)17-3)18-6-7-19-12(13,14)15/h4-5,8H,6-7H2,1-3H3. The average molecular weight is 279 g/mol. The molecule has 1 aromatic heterocycles. The fraction of sp³-hybridized carbons (Fsp3) is 0.583. The summed E-state index contributed by atoms with van der Waals surface area (Å²) in [5, 5.41) is 0. The third-order valence-corrected chi connectivity index (χ3v) is 2.24. The summed E-state index contributed by atoms with van der Waals surface area (Å²) >= 11 is 0. The fourth-order valence-corrected chi connectivity index (χ4v) is 1.33. The van der Waals surface area contributed by atoms with E-state index in [0.29, 0.717) is 0 Å². The van der Waals surface area contributed by atoms with Crippen LogP contribution in [0, 0.1) is 0 Å². The topological polar surface area (TPSA) is 40.6 Å². The van der Waals surface area contributed by atoms with Gasteiger partial charge in [0.15, 0.2) is 5.75 Å². The van der Waals surface area contributed by atoms with Gasteiger partial charge in [-0.05, 0) is 18.1 Å². The predicted molar refractivity (Wildman–Crippen MR) is 62.4 cm³/mol. The van der Waals surface area contributed by atoms with Crippen LogP contribution in [0.1, 0.15) is 25.5 Å². The second kappa shape index (κ2) is 6.60. The van der Waals surface area contributed by atoms with E-state index in [0.717, 1.165) is 5.69 Å². The third-order valence-electron chi connectivity index (χ3n) is 2.24. The summed E-state index contributed by atoms with van der Waals surface area (Å²) in [6, 6.07) is 3.36. The first-order valence-corrected chi connectivity index (χ1v) is 5.72. The highest BCUT2D eigenvalue weighted by atomic mass is 19.4. The maximum atomic E-state index is 11.8. The number of hydrogen-bond donors (Lipinski definition) is 0. The van der Waals surface area contributed by atoms with Gasteiger partial charge in [0.05, 0.1) is 13.7 Å². The minimum Gasteiger partial charge on any atom is -0.486 e. The van der Waals surface area contributed by atoms with Gasteiger partial charge in [0.25, 0.3) is 5.88 Å². The van der Waals surface area contributed by atoms with Crippen molar-refractivity contribution in [2.75, 3.05) is 20.3 Å². The Morgan fingerprint density at radius 3 is 2.42 bits per heavy atom. The van der Waals surface area contributed by atoms with Crippen LogP contribution in [0.2, 0.25) is 0 Å². The summed E-state index contributed by atoms with van der Waals surface area (Å²) in [5.74, 6) is 0.757. The zero-order valence-electron chi connectivity index (χ0n) is 11.0. The smallest absolute Gasteiger partial charge is 0.486 e. The van der Waals surface area contributed by atoms with Gasteiger partial charge in [-0.25, -0.2) is 4.98 Å². The van der Waals surface area contributed by atoms with E-state index in [1.807, 2.05) is 13.8 Å². The van der Waals surface area contributed by atoms with Crippen LogP contribution in [0.3, 0.4) is 0 Å². The number of halogens is 3. The lowest BCUT2D eigenvalue weighted by Crippen LogP contribution is -2.18. The Morgan fingerprint density at radius 2 is 1.89 bits per heavy atom. The van der Waals surface area contributed by atoms with Crippen LogP contribution in [0.5, 0.6) is 11.6 Å². The lowest BCUT2D eigenvalue weighted by atomic mass is 10.1. The minimum atomic E-state index is -4.65. The van der Waals surface area contributed by atoms with Crippen LogP contribution in [-0.2, 0) is 4.74 Å². The first-order chi connectivity index (χ1) is 8.83. The molecule has 1 aromatic rings. The Balaban J connectivity index is 2.58. The molecule has 7 heteroatoms. The molecular formula is C12H16F3NO3. The van der Waals surface area contributed by atoms with Crippen molar-refractivity contribution in [2.45, 2.75) is 26.1 Å². The Kier molecular flexibility index (Phi) is 5.41. The molecule has 0 spiro atoms. The summed E-state index contributed by atoms with van der Waals surface area (Å²) in [6.45, 7) is 3.12. The van der Waals surface area contributed by atoms with E-state index in [4.69, 9.17) is 9.47 Å². The molecule has 0 bridgehead atoms. The molecule has 0 amide bonds. The zero-order chi connectivity index (χ0) is 14.5. The van der Waals surface area contributed by atoms with Crippen LogP contribution in [0.4, 0.5) is 13.2 Å². The Hall–Kier alpha value is -1.50. The third kappa shape index (κ3) is 5.34. The number of rotatable bonds is 6. The molecule has 108 valence electrons. The molecule has 0 saturated heterocycles. The van der Waals surface area contributed by atoms with Crippen molar-refractivity contribution in [3.05, 3.63) is 17.8 Å². The number of aromatic nitrogens is 1. The first kappa shape index (κ1) is 15.6. The molecule has 0 aliphatic rings. The monoisotopic (exact) mass is 279 g/mol. The van der Waals surface area contributed by atoms with Crippen LogP contribution < -0.4 is 9.47 Å². The van der Waals surface area contributed by atoms with E-state index < -0.39 is 13.0 Å². The van der Waals surface area contributed by atoms with E-state index >= 15 is 0 Å². The van der Waals surface area contributed by atoms with E-state index in [1.54, 1.807) is 12.1 Å². The quantitative estimate of drug-likeness (QED) is 0.750. The molecule has 0 aliphatic carbocycles. The van der Waals surface area contributed by atoms with E-state index in [2.05, 4.69) is 9.72 Å². The lowest BCUT2D eigenvalue weighted by Gasteiger charge is -2.13. The number of alkyl halides is 3. The molecule has 19 heavy (non-hydrogen) atoms. The molecule has 0 fully saturated rings. The number of hydrogen-bond acceptors (Lipinski definition) is 4. The van der Waals surface area contributed by atoms with E-state index in [9.17, 15) is 13.2 Å². The molecule has 0 radical (unpaired) electrons. The van der Waals surface area contributed by atoms with Gasteiger partial charge in [0, 0.05) is 5.69 Å². The Labute approximate surface area is 109 Å². The van der Waals surface area contributed by atoms with Gasteiger partial charge in [0.2, 0.25) is 0 Å². The molecular weight excluding hydrogens is 263 g/mol. The van der Waals surface area contributed by atoms with E-state index in [-0.39, 0.29) is 24.2 Å². The van der Waals surface area contributed by atoms with Crippen molar-refractivity contribution in [1.82, 2.24) is 4.98 Å². The van der Waals surface area contributed by atoms with Crippen LogP contribution in [0.15, 0.2) is 12.1 Å². The fourth-order valence-electron chi connectivity index (χ4n) is 1.33. The molecule has 0 aromatic carbocycles. The van der Waals surface area contributed by atoms with Gasteiger partial charge in [-0.2, -0.15) is 0 Å². The zero-order valence-corrected chi connectivity index (χ0v) is 11.0. The highest BCUT2D eigenvalue weighted by Gasteiger charge is 2.28. The highest BCUT2D eigenvalue weighted by Crippen LogP contribution is 2.27. The number of methoxy groups -OCH3 is 1. The summed E-state index contributed by atoms with van der Waals surface area (Å²) in [4.78, 5) is 4.21. The molecule has 0 atom stereocenters. The van der Waals surface area contributed by atoms with Crippen molar-refractivity contribution >= 4 is 0 Å². The van der Waals surface area contributed by atoms with Gasteiger partial charge in [-0.3, -0.25) is 4.74 Å². The van der Waals surface area contributed by atoms with Crippen molar-refractivity contribution in [1.29, 1.82) is 0 Å². The number of ether oxygens (including phenoxy) is 3. The second-order valence-corrected chi connectivity index (χ2v) is 4.04. The van der Waals surface area contributed by atoms with Gasteiger partial charge in [-0.1, -0.05) is 13.8 Å². The Morgan fingerprint density at radius 1 is 1.21 bits per heavy atom. The SMILES string of the molecule is COc1nc(C(C)C)ccc1OCCOC(F)(F)F. The second-order valence-electron chi connectivity index (χ2n) is 4.04. The molecule has 1 rings (SSSR count). The summed E-state index contributed by atoms with van der Waals surface area (Å²) in [5.41, 5.74) is 0.816. The minimum absolute atomic E-state index is 0.219. The highest BCUT2D eigenvalue weighted by molar-refractivity contribution is 5.35. The average Bonchev–Trinajstić information content (AvgIpc) is 2.33. The Bertz CT molecular complexity index is 408. The number of pyridine rings is 1. The summed E-state index contributed by atoms with van der Waals surface area (Å²) in [6.07, 6.45) is -4.65. The van der Waals surface area contributed by atoms with Gasteiger partial charge in [-0.15, -0.1) is 13.2 Å². The van der Waals surface area contributed by atoms with Crippen molar-refractivity contribution < 1.29 is 27.4 Å². The molecule has 1 heterocycles. The van der Waals surface area contributed by atoms with Gasteiger partial charge >= 0.3 is 6.36 Å². The maximum Gasteiger partial charge on any atom is 0.522 e. The molecule has 4 nitrogen and oxygen atoms in total. The summed E-state index contributed by atoms with van der Waals surface area (Å²) in [7, 11) is 1.42. The lowest BCUT2D eigenvalue weighted by molar-refractivity contribution is -0.325. The van der Waals surface area contributed by atoms with Crippen LogP contribution in [-0.4, -0.2) is 31.7 Å². The van der Waals surface area contributed by atoms with Crippen molar-refractivity contribution in [2.24, 2.45) is 0 Å². The maximum absolute atomic E-state index is 11.8. The molecule has 0 N–H and O–H groups in total. The predicted octanol–water partition coefficient (Wildman–Crippen LogP) is 3.13. The largest absolute Gasteiger partial charge is 0.522 e. The van der Waals surface area contributed by atoms with Gasteiger partial charge < -0.3 is 9.47 Å². The van der Waals surface area contributed by atoms with E-state index in [1.165, 1.54) is 7.11 Å².